The lowest BCUT2D eigenvalue weighted by atomic mass is 10.2. The van der Waals surface area contributed by atoms with Crippen LogP contribution in [0.5, 0.6) is 0 Å². The van der Waals surface area contributed by atoms with Crippen molar-refractivity contribution < 1.29 is 4.39 Å². The van der Waals surface area contributed by atoms with Gasteiger partial charge in [-0.2, -0.15) is 0 Å². The first-order valence-corrected chi connectivity index (χ1v) is 5.99. The van der Waals surface area contributed by atoms with Crippen molar-refractivity contribution >= 4 is 23.1 Å². The van der Waals surface area contributed by atoms with E-state index in [9.17, 15) is 4.39 Å². The summed E-state index contributed by atoms with van der Waals surface area (Å²) in [7, 11) is 0. The molecule has 1 aromatic carbocycles. The summed E-state index contributed by atoms with van der Waals surface area (Å²) in [6, 6.07) is 7.78. The van der Waals surface area contributed by atoms with Gasteiger partial charge in [0.05, 0.1) is 0 Å². The normalized spacial score (nSPS) is 10.7. The summed E-state index contributed by atoms with van der Waals surface area (Å²) in [5.41, 5.74) is 0.625. The number of halogens is 2. The van der Waals surface area contributed by atoms with Crippen LogP contribution >= 0.6 is 11.6 Å². The van der Waals surface area contributed by atoms with Gasteiger partial charge >= 0.3 is 0 Å². The van der Waals surface area contributed by atoms with Gasteiger partial charge in [-0.05, 0) is 18.2 Å². The molecule has 2 rings (SSSR count). The van der Waals surface area contributed by atoms with E-state index >= 15 is 0 Å². The lowest BCUT2D eigenvalue weighted by Gasteiger charge is -2.09. The third-order valence-electron chi connectivity index (χ3n) is 2.33. The number of hydrogen-bond donors (Lipinski definition) is 1. The highest BCUT2D eigenvalue weighted by Gasteiger charge is 2.07. The Kier molecular flexibility index (Phi) is 3.77. The second-order valence-corrected chi connectivity index (χ2v) is 4.61. The number of aromatic nitrogens is 2. The Morgan fingerprint density at radius 1 is 1.22 bits per heavy atom. The van der Waals surface area contributed by atoms with Crippen molar-refractivity contribution in [3.8, 4) is 0 Å². The van der Waals surface area contributed by atoms with Gasteiger partial charge in [0, 0.05) is 17.7 Å². The van der Waals surface area contributed by atoms with Crippen LogP contribution in [-0.2, 0) is 0 Å². The molecular weight excluding hydrogens is 253 g/mol. The van der Waals surface area contributed by atoms with Crippen molar-refractivity contribution in [2.75, 3.05) is 5.32 Å². The molecule has 0 aliphatic heterocycles. The summed E-state index contributed by atoms with van der Waals surface area (Å²) in [4.78, 5) is 8.46. The first kappa shape index (κ1) is 12.8. The minimum absolute atomic E-state index is 0.178. The molecule has 0 aliphatic rings. The number of nitrogens with one attached hydrogen (secondary N) is 1. The van der Waals surface area contributed by atoms with Gasteiger partial charge in [0.1, 0.15) is 22.6 Å². The fraction of sp³-hybridized carbons (Fsp3) is 0.231. The summed E-state index contributed by atoms with van der Waals surface area (Å²) in [6.07, 6.45) is 0. The number of rotatable bonds is 3. The predicted octanol–water partition coefficient (Wildman–Crippen LogP) is 4.14. The molecule has 0 atom stereocenters. The Balaban J connectivity index is 2.29. The van der Waals surface area contributed by atoms with Crippen molar-refractivity contribution in [2.45, 2.75) is 19.8 Å². The molecule has 0 fully saturated rings. The molecule has 0 bridgehead atoms. The third-order valence-corrected chi connectivity index (χ3v) is 2.52. The topological polar surface area (TPSA) is 37.8 Å². The largest absolute Gasteiger partial charge is 0.340 e. The molecule has 0 radical (unpaired) electrons. The van der Waals surface area contributed by atoms with E-state index in [-0.39, 0.29) is 11.7 Å². The zero-order valence-electron chi connectivity index (χ0n) is 10.1. The maximum Gasteiger partial charge on any atom is 0.135 e. The SMILES string of the molecule is CC(C)c1nc(Cl)cc(Nc2cccc(F)c2)n1. The van der Waals surface area contributed by atoms with E-state index in [4.69, 9.17) is 11.6 Å². The zero-order valence-corrected chi connectivity index (χ0v) is 10.9. The van der Waals surface area contributed by atoms with Gasteiger partial charge in [-0.25, -0.2) is 14.4 Å². The van der Waals surface area contributed by atoms with Crippen LogP contribution in [0.3, 0.4) is 0 Å². The first-order valence-electron chi connectivity index (χ1n) is 5.61. The fourth-order valence-corrected chi connectivity index (χ4v) is 1.66. The van der Waals surface area contributed by atoms with Crippen molar-refractivity contribution in [3.63, 3.8) is 0 Å². The van der Waals surface area contributed by atoms with Crippen LogP contribution in [0.1, 0.15) is 25.6 Å². The van der Waals surface area contributed by atoms with Gasteiger partial charge in [0.15, 0.2) is 0 Å². The number of nitrogens with zero attached hydrogens (tertiary/aromatic N) is 2. The van der Waals surface area contributed by atoms with Crippen LogP contribution < -0.4 is 5.32 Å². The third kappa shape index (κ3) is 3.17. The fourth-order valence-electron chi connectivity index (χ4n) is 1.47. The molecule has 0 saturated carbocycles. The van der Waals surface area contributed by atoms with Crippen LogP contribution in [-0.4, -0.2) is 9.97 Å². The molecule has 3 nitrogen and oxygen atoms in total. The van der Waals surface area contributed by atoms with E-state index in [2.05, 4.69) is 15.3 Å². The van der Waals surface area contributed by atoms with Crippen molar-refractivity contribution in [1.29, 1.82) is 0 Å². The molecule has 2 aromatic rings. The van der Waals surface area contributed by atoms with Crippen LogP contribution in [0.2, 0.25) is 5.15 Å². The number of benzene rings is 1. The molecule has 1 N–H and O–H groups in total. The van der Waals surface area contributed by atoms with Gasteiger partial charge in [-0.15, -0.1) is 0 Å². The minimum Gasteiger partial charge on any atom is -0.340 e. The molecule has 0 unspecified atom stereocenters. The highest BCUT2D eigenvalue weighted by molar-refractivity contribution is 6.29. The summed E-state index contributed by atoms with van der Waals surface area (Å²) < 4.78 is 13.1. The quantitative estimate of drug-likeness (QED) is 0.848. The highest BCUT2D eigenvalue weighted by Crippen LogP contribution is 2.20. The Labute approximate surface area is 110 Å². The van der Waals surface area contributed by atoms with E-state index in [1.807, 2.05) is 13.8 Å². The van der Waals surface area contributed by atoms with Gasteiger partial charge < -0.3 is 5.32 Å². The monoisotopic (exact) mass is 265 g/mol. The van der Waals surface area contributed by atoms with Crippen molar-refractivity contribution in [1.82, 2.24) is 9.97 Å². The van der Waals surface area contributed by atoms with Gasteiger partial charge in [-0.3, -0.25) is 0 Å². The molecule has 0 amide bonds. The standard InChI is InChI=1S/C13H13ClFN3/c1-8(2)13-17-11(14)7-12(18-13)16-10-5-3-4-9(15)6-10/h3-8H,1-2H3,(H,16,17,18). The van der Waals surface area contributed by atoms with Gasteiger partial charge in [-0.1, -0.05) is 31.5 Å². The molecule has 0 spiro atoms. The zero-order chi connectivity index (χ0) is 13.1. The maximum atomic E-state index is 13.1. The molecule has 18 heavy (non-hydrogen) atoms. The number of hydrogen-bond acceptors (Lipinski definition) is 3. The van der Waals surface area contributed by atoms with Crippen LogP contribution in [0.4, 0.5) is 15.9 Å². The highest BCUT2D eigenvalue weighted by atomic mass is 35.5. The summed E-state index contributed by atoms with van der Waals surface area (Å²) in [5.74, 6) is 1.09. The van der Waals surface area contributed by atoms with E-state index in [1.54, 1.807) is 18.2 Å². The van der Waals surface area contributed by atoms with Gasteiger partial charge in [0.25, 0.3) is 0 Å². The van der Waals surface area contributed by atoms with Crippen molar-refractivity contribution in [2.24, 2.45) is 0 Å². The van der Waals surface area contributed by atoms with Gasteiger partial charge in [0.2, 0.25) is 0 Å². The molecule has 0 aliphatic carbocycles. The Hall–Kier alpha value is -1.68. The van der Waals surface area contributed by atoms with Crippen molar-refractivity contribution in [3.05, 3.63) is 47.1 Å². The first-order chi connectivity index (χ1) is 8.54. The Morgan fingerprint density at radius 3 is 2.67 bits per heavy atom. The number of anilines is 2. The maximum absolute atomic E-state index is 13.1. The summed E-state index contributed by atoms with van der Waals surface area (Å²) in [6.45, 7) is 3.97. The molecular formula is C13H13ClFN3. The average Bonchev–Trinajstić information content (AvgIpc) is 2.28. The average molecular weight is 266 g/mol. The minimum atomic E-state index is -0.302. The Morgan fingerprint density at radius 2 is 2.00 bits per heavy atom. The van der Waals surface area contributed by atoms with E-state index in [0.29, 0.717) is 22.5 Å². The molecule has 0 saturated heterocycles. The molecule has 5 heteroatoms. The molecule has 94 valence electrons. The van der Waals surface area contributed by atoms with E-state index < -0.39 is 0 Å². The van der Waals surface area contributed by atoms with E-state index in [0.717, 1.165) is 0 Å². The molecule has 1 aromatic heterocycles. The smallest absolute Gasteiger partial charge is 0.135 e. The van der Waals surface area contributed by atoms with Crippen LogP contribution in [0.25, 0.3) is 0 Å². The lowest BCUT2D eigenvalue weighted by molar-refractivity contribution is 0.628. The van der Waals surface area contributed by atoms with Crippen LogP contribution in [0, 0.1) is 5.82 Å². The molecule has 1 heterocycles. The predicted molar refractivity (Wildman–Crippen MR) is 70.8 cm³/mol. The lowest BCUT2D eigenvalue weighted by Crippen LogP contribution is -2.02. The van der Waals surface area contributed by atoms with Crippen LogP contribution in [0.15, 0.2) is 30.3 Å². The van der Waals surface area contributed by atoms with E-state index in [1.165, 1.54) is 12.1 Å². The Bertz CT molecular complexity index is 558. The second kappa shape index (κ2) is 5.31. The summed E-state index contributed by atoms with van der Waals surface area (Å²) >= 11 is 5.93. The second-order valence-electron chi connectivity index (χ2n) is 4.22. The summed E-state index contributed by atoms with van der Waals surface area (Å²) in [5, 5.41) is 3.37.